The van der Waals surface area contributed by atoms with Crippen molar-refractivity contribution in [3.8, 4) is 11.3 Å². The van der Waals surface area contributed by atoms with Crippen LogP contribution in [0, 0.1) is 5.92 Å². The molecule has 2 atom stereocenters. The summed E-state index contributed by atoms with van der Waals surface area (Å²) in [6.45, 7) is 0.952. The van der Waals surface area contributed by atoms with Gasteiger partial charge in [0.2, 0.25) is 5.91 Å². The molecule has 2 aromatic rings. The van der Waals surface area contributed by atoms with Crippen molar-refractivity contribution >= 4 is 5.91 Å². The number of carbonyl (C=O) groups excluding carboxylic acids is 1. The molecule has 0 radical (unpaired) electrons. The first-order valence-corrected chi connectivity index (χ1v) is 9.75. The van der Waals surface area contributed by atoms with E-state index in [1.54, 1.807) is 0 Å². The van der Waals surface area contributed by atoms with E-state index in [-0.39, 0.29) is 0 Å². The summed E-state index contributed by atoms with van der Waals surface area (Å²) < 4.78 is 5.94. The minimum Gasteiger partial charge on any atom is -0.461 e. The topological polar surface area (TPSA) is 33.5 Å². The summed E-state index contributed by atoms with van der Waals surface area (Å²) >= 11 is 0. The molecule has 2 aliphatic rings. The average Bonchev–Trinajstić information content (AvgIpc) is 3.15. The lowest BCUT2D eigenvalue weighted by Crippen LogP contribution is -2.49. The maximum Gasteiger partial charge on any atom is 0.223 e. The molecule has 1 aliphatic carbocycles. The summed E-state index contributed by atoms with van der Waals surface area (Å²) in [7, 11) is 0. The highest BCUT2D eigenvalue weighted by Gasteiger charge is 2.35. The van der Waals surface area contributed by atoms with Crippen LogP contribution in [0.2, 0.25) is 0 Å². The monoisotopic (exact) mass is 337 g/mol. The second kappa shape index (κ2) is 7.47. The summed E-state index contributed by atoms with van der Waals surface area (Å²) in [4.78, 5) is 15.0. The Kier molecular flexibility index (Phi) is 4.91. The van der Waals surface area contributed by atoms with E-state index in [1.807, 2.05) is 42.5 Å². The summed E-state index contributed by atoms with van der Waals surface area (Å²) in [5, 5.41) is 0. The first-order valence-electron chi connectivity index (χ1n) is 9.75. The summed E-state index contributed by atoms with van der Waals surface area (Å²) in [5.74, 6) is 2.85. The van der Waals surface area contributed by atoms with Crippen molar-refractivity contribution in [2.75, 3.05) is 6.54 Å². The molecule has 3 heteroatoms. The van der Waals surface area contributed by atoms with Crippen LogP contribution in [0.4, 0.5) is 0 Å². The number of piperidine rings is 1. The van der Waals surface area contributed by atoms with E-state index in [0.29, 0.717) is 24.8 Å². The lowest BCUT2D eigenvalue weighted by atomic mass is 9.78. The molecule has 1 saturated carbocycles. The molecule has 4 rings (SSSR count). The van der Waals surface area contributed by atoms with Crippen LogP contribution in [-0.4, -0.2) is 23.4 Å². The van der Waals surface area contributed by atoms with Crippen molar-refractivity contribution in [3.05, 3.63) is 48.2 Å². The van der Waals surface area contributed by atoms with Crippen molar-refractivity contribution in [3.63, 3.8) is 0 Å². The molecule has 3 nitrogen and oxygen atoms in total. The molecule has 0 N–H and O–H groups in total. The van der Waals surface area contributed by atoms with Gasteiger partial charge in [0.15, 0.2) is 0 Å². The van der Waals surface area contributed by atoms with Crippen molar-refractivity contribution in [1.82, 2.24) is 4.90 Å². The van der Waals surface area contributed by atoms with Crippen molar-refractivity contribution in [2.45, 2.75) is 57.4 Å². The fourth-order valence-corrected chi connectivity index (χ4v) is 4.58. The van der Waals surface area contributed by atoms with Crippen LogP contribution in [0.15, 0.2) is 46.9 Å². The van der Waals surface area contributed by atoms with Gasteiger partial charge in [0.1, 0.15) is 11.5 Å². The van der Waals surface area contributed by atoms with Crippen LogP contribution in [-0.2, 0) is 11.2 Å². The number of furan rings is 1. The lowest BCUT2D eigenvalue weighted by Gasteiger charge is -2.44. The van der Waals surface area contributed by atoms with Crippen molar-refractivity contribution in [2.24, 2.45) is 5.92 Å². The number of benzene rings is 1. The highest BCUT2D eigenvalue weighted by Crippen LogP contribution is 2.35. The van der Waals surface area contributed by atoms with E-state index >= 15 is 0 Å². The molecule has 0 bridgehead atoms. The first kappa shape index (κ1) is 16.4. The summed E-state index contributed by atoms with van der Waals surface area (Å²) in [6.07, 6.45) is 8.88. The van der Waals surface area contributed by atoms with Gasteiger partial charge in [-0.1, -0.05) is 43.2 Å². The van der Waals surface area contributed by atoms with Crippen molar-refractivity contribution < 1.29 is 9.21 Å². The van der Waals surface area contributed by atoms with Crippen LogP contribution in [0.5, 0.6) is 0 Å². The van der Waals surface area contributed by atoms with Crippen molar-refractivity contribution in [1.29, 1.82) is 0 Å². The molecule has 1 amide bonds. The smallest absolute Gasteiger partial charge is 0.223 e. The second-order valence-corrected chi connectivity index (χ2v) is 7.47. The number of amides is 1. The molecule has 1 saturated heterocycles. The Morgan fingerprint density at radius 1 is 1.00 bits per heavy atom. The molecule has 0 spiro atoms. The Hall–Kier alpha value is -2.03. The van der Waals surface area contributed by atoms with Crippen LogP contribution < -0.4 is 0 Å². The molecule has 132 valence electrons. The molecule has 2 unspecified atom stereocenters. The molecule has 25 heavy (non-hydrogen) atoms. The zero-order chi connectivity index (χ0) is 17.1. The van der Waals surface area contributed by atoms with Gasteiger partial charge in [-0.15, -0.1) is 0 Å². The fraction of sp³-hybridized carbons (Fsp3) is 0.500. The number of rotatable bonds is 4. The Balaban J connectivity index is 1.36. The number of fused-ring (bicyclic) bond motifs is 1. The molecule has 1 aliphatic heterocycles. The maximum atomic E-state index is 12.8. The SMILES string of the molecule is O=C(CCc1ccc(-c2ccccc2)o1)N1CCCC2CCCCC21. The normalized spacial score (nSPS) is 23.3. The van der Waals surface area contributed by atoms with E-state index in [9.17, 15) is 4.79 Å². The van der Waals surface area contributed by atoms with Crippen LogP contribution in [0.25, 0.3) is 11.3 Å². The average molecular weight is 337 g/mol. The number of hydrogen-bond donors (Lipinski definition) is 0. The molecule has 2 heterocycles. The number of carbonyl (C=O) groups is 1. The van der Waals surface area contributed by atoms with Gasteiger partial charge in [-0.2, -0.15) is 0 Å². The Labute approximate surface area is 150 Å². The molecule has 1 aromatic carbocycles. The summed E-state index contributed by atoms with van der Waals surface area (Å²) in [6, 6.07) is 14.6. The zero-order valence-corrected chi connectivity index (χ0v) is 14.8. The molecule has 1 aromatic heterocycles. The third kappa shape index (κ3) is 3.65. The molecule has 2 fully saturated rings. The van der Waals surface area contributed by atoms with E-state index in [2.05, 4.69) is 4.90 Å². The quantitative estimate of drug-likeness (QED) is 0.781. The van der Waals surface area contributed by atoms with Crippen LogP contribution in [0.3, 0.4) is 0 Å². The minimum absolute atomic E-state index is 0.314. The van der Waals surface area contributed by atoms with E-state index in [0.717, 1.165) is 29.5 Å². The lowest BCUT2D eigenvalue weighted by molar-refractivity contribution is -0.137. The van der Waals surface area contributed by atoms with Crippen LogP contribution in [0.1, 0.15) is 50.7 Å². The summed E-state index contributed by atoms with van der Waals surface area (Å²) in [5.41, 5.74) is 1.08. The highest BCUT2D eigenvalue weighted by atomic mass is 16.3. The van der Waals surface area contributed by atoms with Gasteiger partial charge in [0.25, 0.3) is 0 Å². The van der Waals surface area contributed by atoms with Gasteiger partial charge in [0.05, 0.1) is 0 Å². The minimum atomic E-state index is 0.314. The van der Waals surface area contributed by atoms with Gasteiger partial charge >= 0.3 is 0 Å². The highest BCUT2D eigenvalue weighted by molar-refractivity contribution is 5.77. The Morgan fingerprint density at radius 3 is 2.68 bits per heavy atom. The number of hydrogen-bond acceptors (Lipinski definition) is 2. The van der Waals surface area contributed by atoms with Gasteiger partial charge < -0.3 is 9.32 Å². The van der Waals surface area contributed by atoms with Gasteiger partial charge in [0, 0.05) is 31.0 Å². The Morgan fingerprint density at radius 2 is 1.80 bits per heavy atom. The fourth-order valence-electron chi connectivity index (χ4n) is 4.58. The van der Waals surface area contributed by atoms with E-state index in [4.69, 9.17) is 4.42 Å². The number of nitrogens with zero attached hydrogens (tertiary/aromatic N) is 1. The Bertz CT molecular complexity index is 704. The first-order chi connectivity index (χ1) is 12.3. The standard InChI is InChI=1S/C22H27NO2/c24-22(23-16-6-10-17-7-4-5-11-20(17)23)15-13-19-12-14-21(25-19)18-8-2-1-3-9-18/h1-3,8-9,12,14,17,20H,4-7,10-11,13,15-16H2. The van der Waals surface area contributed by atoms with Gasteiger partial charge in [-0.25, -0.2) is 0 Å². The predicted octanol–water partition coefficient (Wildman–Crippen LogP) is 5.06. The van der Waals surface area contributed by atoms with Crippen LogP contribution >= 0.6 is 0 Å². The molecular weight excluding hydrogens is 310 g/mol. The maximum absolute atomic E-state index is 12.8. The van der Waals surface area contributed by atoms with E-state index < -0.39 is 0 Å². The third-order valence-electron chi connectivity index (χ3n) is 5.87. The number of aryl methyl sites for hydroxylation is 1. The van der Waals surface area contributed by atoms with Gasteiger partial charge in [-0.3, -0.25) is 4.79 Å². The van der Waals surface area contributed by atoms with Gasteiger partial charge in [-0.05, 0) is 43.7 Å². The third-order valence-corrected chi connectivity index (χ3v) is 5.87. The van der Waals surface area contributed by atoms with E-state index in [1.165, 1.54) is 38.5 Å². The zero-order valence-electron chi connectivity index (χ0n) is 14.8. The molecular formula is C22H27NO2. The largest absolute Gasteiger partial charge is 0.461 e. The predicted molar refractivity (Wildman–Crippen MR) is 99.2 cm³/mol. The second-order valence-electron chi connectivity index (χ2n) is 7.47. The number of likely N-dealkylation sites (tertiary alicyclic amines) is 1.